The van der Waals surface area contributed by atoms with Gasteiger partial charge in [-0.25, -0.2) is 4.79 Å². The predicted octanol–water partition coefficient (Wildman–Crippen LogP) is 0.270. The number of carbonyl (C=O) groups excluding carboxylic acids is 1. The quantitative estimate of drug-likeness (QED) is 0.436. The maximum absolute atomic E-state index is 10.9. The van der Waals surface area contributed by atoms with E-state index in [2.05, 4.69) is 5.32 Å². The number of hydrogen-bond acceptors (Lipinski definition) is 6. The van der Waals surface area contributed by atoms with Crippen LogP contribution in [-0.2, 0) is 14.3 Å². The second-order valence-corrected chi connectivity index (χ2v) is 4.83. The fourth-order valence-corrected chi connectivity index (χ4v) is 1.95. The highest BCUT2D eigenvalue weighted by molar-refractivity contribution is 7.98. The van der Waals surface area contributed by atoms with Crippen LogP contribution in [0, 0.1) is 0 Å². The van der Waals surface area contributed by atoms with Crippen molar-refractivity contribution in [3.05, 3.63) is 0 Å². The molecule has 0 aromatic rings. The minimum absolute atomic E-state index is 0.0171. The molecule has 17 heavy (non-hydrogen) atoms. The molecule has 0 bridgehead atoms. The van der Waals surface area contributed by atoms with Gasteiger partial charge in [-0.1, -0.05) is 0 Å². The van der Waals surface area contributed by atoms with Gasteiger partial charge in [0.1, 0.15) is 6.61 Å². The van der Waals surface area contributed by atoms with Gasteiger partial charge in [-0.05, 0) is 20.1 Å². The number of nitrogens with one attached hydrogen (secondary N) is 1. The summed E-state index contributed by atoms with van der Waals surface area (Å²) < 4.78 is 9.81. The largest absolute Gasteiger partial charge is 0.464 e. The van der Waals surface area contributed by atoms with E-state index in [1.165, 1.54) is 0 Å². The second-order valence-electron chi connectivity index (χ2n) is 3.96. The Balaban J connectivity index is 3.37. The van der Waals surface area contributed by atoms with Gasteiger partial charge in [0.15, 0.2) is 0 Å². The summed E-state index contributed by atoms with van der Waals surface area (Å²) in [7, 11) is 0. The molecule has 1 unspecified atom stereocenters. The van der Waals surface area contributed by atoms with Crippen LogP contribution < -0.4 is 5.32 Å². The fourth-order valence-electron chi connectivity index (χ4n) is 1.22. The summed E-state index contributed by atoms with van der Waals surface area (Å²) in [5.41, 5.74) is -0.708. The van der Waals surface area contributed by atoms with Crippen LogP contribution in [0.2, 0.25) is 0 Å². The Morgan fingerprint density at radius 3 is 2.82 bits per heavy atom. The lowest BCUT2D eigenvalue weighted by molar-refractivity contribution is -0.148. The van der Waals surface area contributed by atoms with E-state index in [0.717, 1.165) is 0 Å². The zero-order valence-electron chi connectivity index (χ0n) is 10.8. The number of aliphatic hydroxyl groups is 1. The Hall–Kier alpha value is -0.300. The molecule has 0 aliphatic carbocycles. The van der Waals surface area contributed by atoms with E-state index in [-0.39, 0.29) is 12.6 Å². The molecule has 0 aliphatic heterocycles. The van der Waals surface area contributed by atoms with Crippen molar-refractivity contribution < 1.29 is 19.4 Å². The Morgan fingerprint density at radius 1 is 1.53 bits per heavy atom. The molecule has 0 aromatic heterocycles. The number of thioether (sulfide) groups is 1. The molecule has 1 atom stereocenters. The van der Waals surface area contributed by atoms with Gasteiger partial charge in [0.2, 0.25) is 0 Å². The van der Waals surface area contributed by atoms with Crippen LogP contribution in [0.5, 0.6) is 0 Å². The van der Waals surface area contributed by atoms with Crippen LogP contribution in [0.15, 0.2) is 0 Å². The number of ether oxygens (including phenoxy) is 2. The molecule has 0 rings (SSSR count). The van der Waals surface area contributed by atoms with Crippen molar-refractivity contribution >= 4 is 17.7 Å². The molecule has 0 radical (unpaired) electrons. The normalized spacial score (nSPS) is 14.4. The first-order valence-electron chi connectivity index (χ1n) is 5.67. The van der Waals surface area contributed by atoms with Gasteiger partial charge >= 0.3 is 5.97 Å². The van der Waals surface area contributed by atoms with Crippen LogP contribution in [0.1, 0.15) is 13.8 Å². The summed E-state index contributed by atoms with van der Waals surface area (Å²) in [6.07, 6.45) is 1.96. The van der Waals surface area contributed by atoms with E-state index >= 15 is 0 Å². The maximum atomic E-state index is 10.9. The van der Waals surface area contributed by atoms with E-state index in [4.69, 9.17) is 9.47 Å². The maximum Gasteiger partial charge on any atom is 0.332 e. The van der Waals surface area contributed by atoms with Crippen molar-refractivity contribution in [3.63, 3.8) is 0 Å². The molecule has 0 aromatic carbocycles. The highest BCUT2D eigenvalue weighted by Gasteiger charge is 2.18. The lowest BCUT2D eigenvalue weighted by Crippen LogP contribution is -2.41. The Morgan fingerprint density at radius 2 is 2.24 bits per heavy atom. The van der Waals surface area contributed by atoms with Crippen LogP contribution in [0.3, 0.4) is 0 Å². The van der Waals surface area contributed by atoms with E-state index in [1.807, 2.05) is 6.26 Å². The molecular weight excluding hydrogens is 242 g/mol. The standard InChI is InChI=1S/C11H23NO4S/c1-4-16-10(13)7-15-6-5-12-8-11(2,14)9-17-3/h12,14H,4-9H2,1-3H3. The smallest absolute Gasteiger partial charge is 0.332 e. The summed E-state index contributed by atoms with van der Waals surface area (Å²) >= 11 is 1.60. The van der Waals surface area contributed by atoms with Crippen LogP contribution in [0.4, 0.5) is 0 Å². The zero-order chi connectivity index (χ0) is 13.1. The first kappa shape index (κ1) is 16.7. The average Bonchev–Trinajstić information content (AvgIpc) is 2.23. The van der Waals surface area contributed by atoms with E-state index in [9.17, 15) is 9.90 Å². The third kappa shape index (κ3) is 10.6. The molecule has 5 nitrogen and oxygen atoms in total. The highest BCUT2D eigenvalue weighted by atomic mass is 32.2. The van der Waals surface area contributed by atoms with E-state index < -0.39 is 5.60 Å². The Labute approximate surface area is 107 Å². The van der Waals surface area contributed by atoms with Crippen molar-refractivity contribution in [2.45, 2.75) is 19.4 Å². The molecule has 0 spiro atoms. The molecule has 0 saturated carbocycles. The van der Waals surface area contributed by atoms with Crippen molar-refractivity contribution in [3.8, 4) is 0 Å². The Kier molecular flexibility index (Phi) is 9.53. The summed E-state index contributed by atoms with van der Waals surface area (Å²) in [5, 5.41) is 12.9. The predicted molar refractivity (Wildman–Crippen MR) is 69.3 cm³/mol. The van der Waals surface area contributed by atoms with Crippen LogP contribution in [-0.4, -0.2) is 61.6 Å². The van der Waals surface area contributed by atoms with E-state index in [0.29, 0.717) is 32.1 Å². The topological polar surface area (TPSA) is 67.8 Å². The second kappa shape index (κ2) is 9.70. The third-order valence-electron chi connectivity index (χ3n) is 1.91. The number of carbonyl (C=O) groups is 1. The summed E-state index contributed by atoms with van der Waals surface area (Å²) in [6.45, 7) is 5.44. The monoisotopic (exact) mass is 265 g/mol. The molecular formula is C11H23NO4S. The summed E-state index contributed by atoms with van der Waals surface area (Å²) in [6, 6.07) is 0. The van der Waals surface area contributed by atoms with Gasteiger partial charge < -0.3 is 19.9 Å². The van der Waals surface area contributed by atoms with Crippen molar-refractivity contribution in [2.24, 2.45) is 0 Å². The molecule has 0 heterocycles. The molecule has 2 N–H and O–H groups in total. The van der Waals surface area contributed by atoms with Crippen molar-refractivity contribution in [1.29, 1.82) is 0 Å². The number of esters is 1. The van der Waals surface area contributed by atoms with Gasteiger partial charge in [-0.15, -0.1) is 0 Å². The number of rotatable bonds is 10. The molecule has 0 amide bonds. The van der Waals surface area contributed by atoms with E-state index in [1.54, 1.807) is 25.6 Å². The highest BCUT2D eigenvalue weighted by Crippen LogP contribution is 2.08. The third-order valence-corrected chi connectivity index (χ3v) is 2.82. The van der Waals surface area contributed by atoms with Crippen molar-refractivity contribution in [1.82, 2.24) is 5.32 Å². The minimum Gasteiger partial charge on any atom is -0.464 e. The zero-order valence-corrected chi connectivity index (χ0v) is 11.6. The lowest BCUT2D eigenvalue weighted by Gasteiger charge is -2.22. The van der Waals surface area contributed by atoms with Crippen molar-refractivity contribution in [2.75, 3.05) is 44.9 Å². The molecule has 102 valence electrons. The van der Waals surface area contributed by atoms with Gasteiger partial charge in [0.25, 0.3) is 0 Å². The molecule has 0 aliphatic rings. The van der Waals surface area contributed by atoms with Gasteiger partial charge in [0, 0.05) is 18.8 Å². The molecule has 0 saturated heterocycles. The average molecular weight is 265 g/mol. The van der Waals surface area contributed by atoms with Crippen LogP contribution in [0.25, 0.3) is 0 Å². The summed E-state index contributed by atoms with van der Waals surface area (Å²) in [5.74, 6) is 0.339. The Bertz CT molecular complexity index is 212. The SMILES string of the molecule is CCOC(=O)COCCNCC(C)(O)CSC. The first-order chi connectivity index (χ1) is 8.02. The van der Waals surface area contributed by atoms with Gasteiger partial charge in [0.05, 0.1) is 18.8 Å². The summed E-state index contributed by atoms with van der Waals surface area (Å²) in [4.78, 5) is 10.9. The van der Waals surface area contributed by atoms with Gasteiger partial charge in [-0.3, -0.25) is 0 Å². The first-order valence-corrected chi connectivity index (χ1v) is 7.06. The minimum atomic E-state index is -0.708. The lowest BCUT2D eigenvalue weighted by atomic mass is 10.1. The molecule has 6 heteroatoms. The molecule has 0 fully saturated rings. The van der Waals surface area contributed by atoms with Crippen LogP contribution >= 0.6 is 11.8 Å². The fraction of sp³-hybridized carbons (Fsp3) is 0.909. The number of hydrogen-bond donors (Lipinski definition) is 2. The van der Waals surface area contributed by atoms with Gasteiger partial charge in [-0.2, -0.15) is 11.8 Å².